The predicted molar refractivity (Wildman–Crippen MR) is 75.9 cm³/mol. The molecule has 1 aliphatic heterocycles. The Balaban J connectivity index is 2.39. The van der Waals surface area contributed by atoms with Crippen molar-refractivity contribution in [2.24, 2.45) is 11.3 Å². The van der Waals surface area contributed by atoms with Crippen molar-refractivity contribution in [1.29, 1.82) is 0 Å². The minimum Gasteiger partial charge on any atom is -0.383 e. The molecule has 0 aromatic heterocycles. The number of hydrogen-bond acceptors (Lipinski definition) is 3. The van der Waals surface area contributed by atoms with Crippen LogP contribution in [0.5, 0.6) is 0 Å². The Kier molecular flexibility index (Phi) is 7.87. The summed E-state index contributed by atoms with van der Waals surface area (Å²) in [5.41, 5.74) is 0.468. The van der Waals surface area contributed by atoms with E-state index in [2.05, 4.69) is 19.2 Å². The van der Waals surface area contributed by atoms with E-state index < -0.39 is 0 Å². The molecule has 3 heteroatoms. The van der Waals surface area contributed by atoms with E-state index in [-0.39, 0.29) is 0 Å². The Hall–Kier alpha value is -0.120. The van der Waals surface area contributed by atoms with Gasteiger partial charge in [-0.1, -0.05) is 13.8 Å². The molecule has 1 N–H and O–H groups in total. The maximum Gasteiger partial charge on any atom is 0.0587 e. The van der Waals surface area contributed by atoms with Crippen molar-refractivity contribution in [2.75, 3.05) is 40.0 Å². The van der Waals surface area contributed by atoms with Crippen molar-refractivity contribution in [3.8, 4) is 0 Å². The Morgan fingerprint density at radius 1 is 1.22 bits per heavy atom. The van der Waals surface area contributed by atoms with Gasteiger partial charge in [-0.3, -0.25) is 0 Å². The van der Waals surface area contributed by atoms with Gasteiger partial charge in [-0.15, -0.1) is 0 Å². The predicted octanol–water partition coefficient (Wildman–Crippen LogP) is 2.85. The molecule has 0 saturated carbocycles. The molecule has 1 fully saturated rings. The van der Waals surface area contributed by atoms with Crippen LogP contribution in [0.3, 0.4) is 0 Å². The standard InChI is InChI=1S/C15H31NO2/c1-4-15(5-2,13-16-8-11-17-3)12-14-6-9-18-10-7-14/h14,16H,4-13H2,1-3H3. The van der Waals surface area contributed by atoms with E-state index in [1.54, 1.807) is 7.11 Å². The molecule has 0 radical (unpaired) electrons. The van der Waals surface area contributed by atoms with E-state index >= 15 is 0 Å². The van der Waals surface area contributed by atoms with Crippen molar-refractivity contribution < 1.29 is 9.47 Å². The van der Waals surface area contributed by atoms with Gasteiger partial charge >= 0.3 is 0 Å². The maximum atomic E-state index is 5.46. The van der Waals surface area contributed by atoms with Crippen molar-refractivity contribution >= 4 is 0 Å². The molecule has 18 heavy (non-hydrogen) atoms. The van der Waals surface area contributed by atoms with E-state index in [1.165, 1.54) is 32.1 Å². The molecule has 0 spiro atoms. The van der Waals surface area contributed by atoms with Crippen molar-refractivity contribution in [3.63, 3.8) is 0 Å². The quantitative estimate of drug-likeness (QED) is 0.644. The fourth-order valence-electron chi connectivity index (χ4n) is 2.95. The number of hydrogen-bond donors (Lipinski definition) is 1. The van der Waals surface area contributed by atoms with Crippen molar-refractivity contribution in [3.05, 3.63) is 0 Å². The minimum absolute atomic E-state index is 0.468. The maximum absolute atomic E-state index is 5.46. The van der Waals surface area contributed by atoms with Crippen LogP contribution in [0.4, 0.5) is 0 Å². The van der Waals surface area contributed by atoms with Gasteiger partial charge < -0.3 is 14.8 Å². The molecule has 1 aliphatic rings. The first-order valence-corrected chi connectivity index (χ1v) is 7.53. The topological polar surface area (TPSA) is 30.5 Å². The Labute approximate surface area is 113 Å². The number of ether oxygens (including phenoxy) is 2. The SMILES string of the molecule is CCC(CC)(CNCCOC)CC1CCOCC1. The summed E-state index contributed by atoms with van der Waals surface area (Å²) in [5.74, 6) is 0.864. The third-order valence-electron chi connectivity index (χ3n) is 4.55. The summed E-state index contributed by atoms with van der Waals surface area (Å²) in [6, 6.07) is 0. The smallest absolute Gasteiger partial charge is 0.0587 e. The average molecular weight is 257 g/mol. The summed E-state index contributed by atoms with van der Waals surface area (Å²) in [7, 11) is 1.76. The number of rotatable bonds is 9. The lowest BCUT2D eigenvalue weighted by molar-refractivity contribution is 0.0439. The van der Waals surface area contributed by atoms with Crippen LogP contribution >= 0.6 is 0 Å². The molecule has 1 saturated heterocycles. The third-order valence-corrected chi connectivity index (χ3v) is 4.55. The second-order valence-corrected chi connectivity index (χ2v) is 5.64. The lowest BCUT2D eigenvalue weighted by atomic mass is 9.73. The van der Waals surface area contributed by atoms with Gasteiger partial charge in [-0.25, -0.2) is 0 Å². The van der Waals surface area contributed by atoms with E-state index in [9.17, 15) is 0 Å². The summed E-state index contributed by atoms with van der Waals surface area (Å²) in [6.45, 7) is 9.49. The second kappa shape index (κ2) is 8.89. The summed E-state index contributed by atoms with van der Waals surface area (Å²) in [4.78, 5) is 0. The zero-order chi connectivity index (χ0) is 13.3. The highest BCUT2D eigenvalue weighted by Gasteiger charge is 2.30. The van der Waals surface area contributed by atoms with Gasteiger partial charge in [0.15, 0.2) is 0 Å². The van der Waals surface area contributed by atoms with Gasteiger partial charge in [0.2, 0.25) is 0 Å². The lowest BCUT2D eigenvalue weighted by Gasteiger charge is -2.37. The van der Waals surface area contributed by atoms with Crippen LogP contribution < -0.4 is 5.32 Å². The summed E-state index contributed by atoms with van der Waals surface area (Å²) >= 11 is 0. The molecule has 1 heterocycles. The van der Waals surface area contributed by atoms with Crippen molar-refractivity contribution in [2.45, 2.75) is 46.0 Å². The fourth-order valence-corrected chi connectivity index (χ4v) is 2.95. The van der Waals surface area contributed by atoms with Crippen LogP contribution in [0.15, 0.2) is 0 Å². The molecule has 0 amide bonds. The van der Waals surface area contributed by atoms with Crippen LogP contribution in [0.1, 0.15) is 46.0 Å². The zero-order valence-electron chi connectivity index (χ0n) is 12.5. The lowest BCUT2D eigenvalue weighted by Crippen LogP contribution is -2.37. The molecule has 3 nitrogen and oxygen atoms in total. The summed E-state index contributed by atoms with van der Waals surface area (Å²) in [6.07, 6.45) is 6.38. The second-order valence-electron chi connectivity index (χ2n) is 5.64. The average Bonchev–Trinajstić information content (AvgIpc) is 2.43. The van der Waals surface area contributed by atoms with E-state index in [0.717, 1.165) is 38.8 Å². The molecule has 0 unspecified atom stereocenters. The highest BCUT2D eigenvalue weighted by atomic mass is 16.5. The van der Waals surface area contributed by atoms with E-state index in [0.29, 0.717) is 5.41 Å². The first-order valence-electron chi connectivity index (χ1n) is 7.53. The Morgan fingerprint density at radius 2 is 1.89 bits per heavy atom. The van der Waals surface area contributed by atoms with Gasteiger partial charge in [-0.05, 0) is 43.4 Å². The van der Waals surface area contributed by atoms with Gasteiger partial charge in [0.25, 0.3) is 0 Å². The first kappa shape index (κ1) is 15.9. The molecule has 0 bridgehead atoms. The summed E-state index contributed by atoms with van der Waals surface area (Å²) < 4.78 is 10.6. The molecule has 108 valence electrons. The van der Waals surface area contributed by atoms with Gasteiger partial charge in [0, 0.05) is 33.4 Å². The van der Waals surface area contributed by atoms with Crippen LogP contribution in [0, 0.1) is 11.3 Å². The number of nitrogens with one attached hydrogen (secondary N) is 1. The van der Waals surface area contributed by atoms with Crippen molar-refractivity contribution in [1.82, 2.24) is 5.32 Å². The van der Waals surface area contributed by atoms with Crippen LogP contribution in [-0.4, -0.2) is 40.0 Å². The van der Waals surface area contributed by atoms with Crippen LogP contribution in [-0.2, 0) is 9.47 Å². The van der Waals surface area contributed by atoms with Crippen LogP contribution in [0.25, 0.3) is 0 Å². The summed E-state index contributed by atoms with van der Waals surface area (Å²) in [5, 5.41) is 3.56. The highest BCUT2D eigenvalue weighted by Crippen LogP contribution is 2.36. The fraction of sp³-hybridized carbons (Fsp3) is 1.00. The largest absolute Gasteiger partial charge is 0.383 e. The highest BCUT2D eigenvalue weighted by molar-refractivity contribution is 4.83. The first-order chi connectivity index (χ1) is 8.76. The van der Waals surface area contributed by atoms with Gasteiger partial charge in [0.05, 0.1) is 6.61 Å². The molecular weight excluding hydrogens is 226 g/mol. The molecule has 0 aromatic rings. The monoisotopic (exact) mass is 257 g/mol. The van der Waals surface area contributed by atoms with Gasteiger partial charge in [0.1, 0.15) is 0 Å². The molecular formula is C15H31NO2. The Bertz CT molecular complexity index is 199. The molecule has 0 aliphatic carbocycles. The van der Waals surface area contributed by atoms with E-state index in [4.69, 9.17) is 9.47 Å². The minimum atomic E-state index is 0.468. The van der Waals surface area contributed by atoms with Gasteiger partial charge in [-0.2, -0.15) is 0 Å². The third kappa shape index (κ3) is 5.25. The molecule has 0 aromatic carbocycles. The Morgan fingerprint density at radius 3 is 2.44 bits per heavy atom. The number of methoxy groups -OCH3 is 1. The van der Waals surface area contributed by atoms with E-state index in [1.807, 2.05) is 0 Å². The molecule has 1 rings (SSSR count). The van der Waals surface area contributed by atoms with Crippen LogP contribution in [0.2, 0.25) is 0 Å². The zero-order valence-corrected chi connectivity index (χ0v) is 12.5. The normalized spacial score (nSPS) is 18.2. The molecule has 0 atom stereocenters.